The fraction of sp³-hybridized carbons (Fsp3) is 0.667. The molecular formula is C18H25NO6. The highest BCUT2D eigenvalue weighted by atomic mass is 16.7. The smallest absolute Gasteiger partial charge is 0.334 e. The molecule has 3 rings (SSSR count). The molecule has 0 aromatic rings. The lowest BCUT2D eigenvalue weighted by molar-refractivity contribution is -0.243. The van der Waals surface area contributed by atoms with Crippen LogP contribution in [0.4, 0.5) is 0 Å². The van der Waals surface area contributed by atoms with Crippen molar-refractivity contribution in [1.82, 2.24) is 4.90 Å². The number of ether oxygens (including phenoxy) is 2. The minimum Gasteiger partial charge on any atom is -0.457 e. The highest BCUT2D eigenvalue weighted by Gasteiger charge is 2.45. The van der Waals surface area contributed by atoms with Crippen molar-refractivity contribution in [2.24, 2.45) is 5.92 Å². The third kappa shape index (κ3) is 3.36. The number of esters is 2. The molecule has 2 fully saturated rings. The third-order valence-electron chi connectivity index (χ3n) is 5.45. The summed E-state index contributed by atoms with van der Waals surface area (Å²) in [5, 5.41) is 20.1. The second-order valence-corrected chi connectivity index (χ2v) is 7.02. The fourth-order valence-electron chi connectivity index (χ4n) is 3.87. The maximum absolute atomic E-state index is 12.6. The Kier molecular flexibility index (Phi) is 4.99. The molecule has 25 heavy (non-hydrogen) atoms. The summed E-state index contributed by atoms with van der Waals surface area (Å²) in [7, 11) is 0. The Morgan fingerprint density at radius 2 is 2.20 bits per heavy atom. The van der Waals surface area contributed by atoms with Gasteiger partial charge in [0.15, 0.2) is 0 Å². The van der Waals surface area contributed by atoms with E-state index in [-0.39, 0.29) is 25.0 Å². The van der Waals surface area contributed by atoms with Gasteiger partial charge in [-0.3, -0.25) is 9.69 Å². The Morgan fingerprint density at radius 1 is 1.44 bits per heavy atom. The average Bonchev–Trinajstić information content (AvgIpc) is 3.15. The van der Waals surface area contributed by atoms with Crippen molar-refractivity contribution in [3.8, 4) is 0 Å². The van der Waals surface area contributed by atoms with E-state index in [1.807, 2.05) is 6.08 Å². The van der Waals surface area contributed by atoms with E-state index in [4.69, 9.17) is 9.47 Å². The molecule has 0 saturated carbocycles. The highest BCUT2D eigenvalue weighted by Crippen LogP contribution is 2.35. The minimum absolute atomic E-state index is 0.0146. The van der Waals surface area contributed by atoms with Crippen LogP contribution in [0.1, 0.15) is 33.1 Å². The molecule has 0 radical (unpaired) electrons. The minimum atomic E-state index is -2.03. The van der Waals surface area contributed by atoms with E-state index in [1.54, 1.807) is 19.9 Å². The number of rotatable bonds is 1. The standard InChI is InChI=1S/C18H25NO6/c1-3-12-8-11(2)18(23,10-20)25-15(21)9-13-4-6-19-7-5-14(16(13)19)24-17(12)22/h3-4,11,14,16,20,23H,5-10H2,1-2H3. The zero-order valence-electron chi connectivity index (χ0n) is 14.6. The number of aliphatic hydroxyl groups excluding tert-OH is 1. The van der Waals surface area contributed by atoms with Crippen LogP contribution >= 0.6 is 0 Å². The summed E-state index contributed by atoms with van der Waals surface area (Å²) in [6, 6.07) is -0.117. The summed E-state index contributed by atoms with van der Waals surface area (Å²) in [6.45, 7) is 4.13. The Balaban J connectivity index is 1.92. The van der Waals surface area contributed by atoms with Crippen molar-refractivity contribution in [3.63, 3.8) is 0 Å². The van der Waals surface area contributed by atoms with Gasteiger partial charge in [0.05, 0.1) is 12.5 Å². The molecule has 138 valence electrons. The molecule has 0 aliphatic carbocycles. The molecular weight excluding hydrogens is 326 g/mol. The predicted octanol–water partition coefficient (Wildman–Crippen LogP) is 0.513. The van der Waals surface area contributed by atoms with Gasteiger partial charge in [-0.05, 0) is 25.3 Å². The Bertz CT molecular complexity index is 627. The molecule has 2 N–H and O–H groups in total. The van der Waals surface area contributed by atoms with E-state index in [0.29, 0.717) is 12.1 Å². The quantitative estimate of drug-likeness (QED) is 0.404. The molecule has 3 heterocycles. The van der Waals surface area contributed by atoms with E-state index in [0.717, 1.165) is 18.5 Å². The molecule has 3 aliphatic rings. The van der Waals surface area contributed by atoms with E-state index >= 15 is 0 Å². The Labute approximate surface area is 146 Å². The van der Waals surface area contributed by atoms with Crippen LogP contribution in [0.3, 0.4) is 0 Å². The topological polar surface area (TPSA) is 96.3 Å². The van der Waals surface area contributed by atoms with Gasteiger partial charge in [-0.25, -0.2) is 4.79 Å². The second-order valence-electron chi connectivity index (χ2n) is 7.02. The summed E-state index contributed by atoms with van der Waals surface area (Å²) in [6.07, 6.45) is 4.20. The average molecular weight is 351 g/mol. The van der Waals surface area contributed by atoms with Gasteiger partial charge in [-0.15, -0.1) is 0 Å². The van der Waals surface area contributed by atoms with Gasteiger partial charge >= 0.3 is 11.9 Å². The van der Waals surface area contributed by atoms with E-state index in [2.05, 4.69) is 4.90 Å². The lowest BCUT2D eigenvalue weighted by Crippen LogP contribution is -2.46. The number of carbonyl (C=O) groups excluding carboxylic acids is 2. The van der Waals surface area contributed by atoms with Gasteiger partial charge in [0.25, 0.3) is 0 Å². The summed E-state index contributed by atoms with van der Waals surface area (Å²) in [5.41, 5.74) is 1.24. The van der Waals surface area contributed by atoms with Crippen LogP contribution in [0.2, 0.25) is 0 Å². The molecule has 0 spiro atoms. The van der Waals surface area contributed by atoms with Gasteiger partial charge in [0.1, 0.15) is 12.7 Å². The maximum atomic E-state index is 12.6. The number of carbonyl (C=O) groups is 2. The first-order valence-corrected chi connectivity index (χ1v) is 8.72. The first-order chi connectivity index (χ1) is 11.9. The largest absolute Gasteiger partial charge is 0.457 e. The van der Waals surface area contributed by atoms with Crippen LogP contribution in [0.25, 0.3) is 0 Å². The third-order valence-corrected chi connectivity index (χ3v) is 5.45. The van der Waals surface area contributed by atoms with Crippen LogP contribution in [0.15, 0.2) is 23.3 Å². The molecule has 0 bridgehead atoms. The lowest BCUT2D eigenvalue weighted by Gasteiger charge is -2.33. The number of cyclic esters (lactones) is 1. The van der Waals surface area contributed by atoms with Gasteiger partial charge in [-0.1, -0.05) is 19.1 Å². The maximum Gasteiger partial charge on any atom is 0.334 e. The van der Waals surface area contributed by atoms with E-state index < -0.39 is 30.3 Å². The van der Waals surface area contributed by atoms with Crippen molar-refractivity contribution in [1.29, 1.82) is 0 Å². The number of allylic oxidation sites excluding steroid dienone is 1. The van der Waals surface area contributed by atoms with Gasteiger partial charge in [0.2, 0.25) is 5.79 Å². The summed E-state index contributed by atoms with van der Waals surface area (Å²) < 4.78 is 11.0. The SMILES string of the molecule is CC=C1CC(C)C(O)(CO)OC(=O)CC2=CCN3CCC(OC1=O)C23. The number of hydrogen-bond donors (Lipinski definition) is 2. The zero-order valence-corrected chi connectivity index (χ0v) is 14.6. The summed E-state index contributed by atoms with van der Waals surface area (Å²) >= 11 is 0. The second kappa shape index (κ2) is 6.90. The number of hydrogen-bond acceptors (Lipinski definition) is 7. The van der Waals surface area contributed by atoms with Crippen LogP contribution in [0.5, 0.6) is 0 Å². The van der Waals surface area contributed by atoms with Crippen LogP contribution in [-0.4, -0.2) is 64.7 Å². The van der Waals surface area contributed by atoms with E-state index in [1.165, 1.54) is 0 Å². The predicted molar refractivity (Wildman–Crippen MR) is 88.2 cm³/mol. The molecule has 7 nitrogen and oxygen atoms in total. The first-order valence-electron chi connectivity index (χ1n) is 8.72. The summed E-state index contributed by atoms with van der Waals surface area (Å²) in [4.78, 5) is 27.1. The van der Waals surface area contributed by atoms with Crippen LogP contribution in [-0.2, 0) is 19.1 Å². The zero-order chi connectivity index (χ0) is 18.2. The van der Waals surface area contributed by atoms with Crippen LogP contribution < -0.4 is 0 Å². The molecule has 2 saturated heterocycles. The molecule has 0 amide bonds. The van der Waals surface area contributed by atoms with Crippen molar-refractivity contribution in [3.05, 3.63) is 23.3 Å². The van der Waals surface area contributed by atoms with Gasteiger partial charge in [0, 0.05) is 24.6 Å². The summed E-state index contributed by atoms with van der Waals surface area (Å²) in [5.74, 6) is -3.69. The van der Waals surface area contributed by atoms with E-state index in [9.17, 15) is 19.8 Å². The van der Waals surface area contributed by atoms with Crippen LogP contribution in [0, 0.1) is 5.92 Å². The molecule has 7 heteroatoms. The number of aliphatic hydroxyl groups is 2. The fourth-order valence-corrected chi connectivity index (χ4v) is 3.87. The molecule has 4 atom stereocenters. The van der Waals surface area contributed by atoms with Crippen molar-refractivity contribution >= 4 is 11.9 Å². The lowest BCUT2D eigenvalue weighted by atomic mass is 9.92. The Hall–Kier alpha value is -1.70. The monoisotopic (exact) mass is 351 g/mol. The van der Waals surface area contributed by atoms with Gasteiger partial charge < -0.3 is 19.7 Å². The van der Waals surface area contributed by atoms with Crippen molar-refractivity contribution < 1.29 is 29.3 Å². The molecule has 0 aromatic carbocycles. The van der Waals surface area contributed by atoms with Gasteiger partial charge in [-0.2, -0.15) is 0 Å². The normalized spacial score (nSPS) is 38.5. The molecule has 3 aliphatic heterocycles. The highest BCUT2D eigenvalue weighted by molar-refractivity contribution is 5.88. The number of nitrogens with zero attached hydrogens (tertiary/aromatic N) is 1. The van der Waals surface area contributed by atoms with Crippen molar-refractivity contribution in [2.75, 3.05) is 19.7 Å². The van der Waals surface area contributed by atoms with Crippen molar-refractivity contribution in [2.45, 2.75) is 51.0 Å². The first kappa shape index (κ1) is 18.1. The molecule has 0 aromatic heterocycles. The Morgan fingerprint density at radius 3 is 2.88 bits per heavy atom. The molecule has 4 unspecified atom stereocenters.